The molecule has 0 atom stereocenters. The molecule has 10 aromatic rings. The molecular formula is C44H26N4S. The van der Waals surface area contributed by atoms with Crippen molar-refractivity contribution in [2.45, 2.75) is 9.79 Å². The Kier molecular flexibility index (Phi) is 5.57. The lowest BCUT2D eigenvalue weighted by molar-refractivity contribution is 1.01. The van der Waals surface area contributed by atoms with Gasteiger partial charge in [-0.25, -0.2) is 9.97 Å². The molecule has 4 heterocycles. The Bertz CT molecular complexity index is 2970. The quantitative estimate of drug-likeness (QED) is 0.192. The third-order valence-electron chi connectivity index (χ3n) is 9.93. The van der Waals surface area contributed by atoms with E-state index in [0.29, 0.717) is 5.95 Å². The average molecular weight is 643 g/mol. The molecule has 0 radical (unpaired) electrons. The van der Waals surface area contributed by atoms with Crippen molar-refractivity contribution in [2.24, 2.45) is 0 Å². The first kappa shape index (κ1) is 26.9. The molecule has 1 aliphatic heterocycles. The van der Waals surface area contributed by atoms with Crippen LogP contribution in [0.2, 0.25) is 0 Å². The number of rotatable bonds is 3. The minimum absolute atomic E-state index is 0.689. The summed E-state index contributed by atoms with van der Waals surface area (Å²) in [5.41, 5.74) is 11.2. The van der Waals surface area contributed by atoms with Crippen molar-refractivity contribution in [3.05, 3.63) is 158 Å². The molecule has 228 valence electrons. The number of nitrogens with zero attached hydrogens (tertiary/aromatic N) is 4. The fraction of sp³-hybridized carbons (Fsp3) is 0. The van der Waals surface area contributed by atoms with E-state index in [2.05, 4.69) is 167 Å². The van der Waals surface area contributed by atoms with Gasteiger partial charge in [-0.15, -0.1) is 0 Å². The number of benzene rings is 7. The van der Waals surface area contributed by atoms with E-state index in [4.69, 9.17) is 9.97 Å². The molecule has 3 aromatic heterocycles. The van der Waals surface area contributed by atoms with E-state index in [1.54, 1.807) is 11.8 Å². The Morgan fingerprint density at radius 2 is 1.08 bits per heavy atom. The maximum absolute atomic E-state index is 5.33. The van der Waals surface area contributed by atoms with Crippen molar-refractivity contribution in [3.8, 4) is 34.0 Å². The van der Waals surface area contributed by atoms with Gasteiger partial charge in [0.05, 0.1) is 33.3 Å². The Morgan fingerprint density at radius 3 is 1.96 bits per heavy atom. The van der Waals surface area contributed by atoms with Gasteiger partial charge in [0.25, 0.3) is 0 Å². The fourth-order valence-electron chi connectivity index (χ4n) is 7.76. The Morgan fingerprint density at radius 1 is 0.429 bits per heavy atom. The lowest BCUT2D eigenvalue weighted by Crippen LogP contribution is -2.05. The second kappa shape index (κ2) is 10.2. The molecule has 0 spiro atoms. The van der Waals surface area contributed by atoms with Crippen LogP contribution in [-0.4, -0.2) is 19.1 Å². The van der Waals surface area contributed by atoms with E-state index in [9.17, 15) is 0 Å². The van der Waals surface area contributed by atoms with E-state index < -0.39 is 0 Å². The summed E-state index contributed by atoms with van der Waals surface area (Å²) >= 11 is 1.80. The molecule has 0 unspecified atom stereocenters. The molecule has 0 saturated carbocycles. The summed E-state index contributed by atoms with van der Waals surface area (Å²) in [5.74, 6) is 0.689. The van der Waals surface area contributed by atoms with Gasteiger partial charge in [0.1, 0.15) is 0 Å². The monoisotopic (exact) mass is 642 g/mol. The van der Waals surface area contributed by atoms with Crippen molar-refractivity contribution in [2.75, 3.05) is 0 Å². The van der Waals surface area contributed by atoms with Crippen molar-refractivity contribution < 1.29 is 0 Å². The van der Waals surface area contributed by atoms with Crippen LogP contribution in [0.5, 0.6) is 0 Å². The molecule has 0 N–H and O–H groups in total. The summed E-state index contributed by atoms with van der Waals surface area (Å²) < 4.78 is 4.61. The number of aromatic nitrogens is 4. The molecule has 49 heavy (non-hydrogen) atoms. The van der Waals surface area contributed by atoms with Crippen LogP contribution in [0.15, 0.2) is 168 Å². The first-order valence-corrected chi connectivity index (χ1v) is 17.3. The number of hydrogen-bond donors (Lipinski definition) is 0. The highest BCUT2D eigenvalue weighted by Crippen LogP contribution is 2.47. The predicted octanol–water partition coefficient (Wildman–Crippen LogP) is 11.6. The zero-order valence-corrected chi connectivity index (χ0v) is 27.0. The second-order valence-corrected chi connectivity index (χ2v) is 13.7. The van der Waals surface area contributed by atoms with E-state index in [-0.39, 0.29) is 0 Å². The molecule has 7 aromatic carbocycles. The number of fused-ring (bicyclic) bond motifs is 8. The van der Waals surface area contributed by atoms with Crippen LogP contribution in [0.4, 0.5) is 0 Å². The van der Waals surface area contributed by atoms with Crippen molar-refractivity contribution in [1.29, 1.82) is 0 Å². The van der Waals surface area contributed by atoms with Gasteiger partial charge in [0, 0.05) is 48.0 Å². The molecular weight excluding hydrogens is 617 g/mol. The highest BCUT2D eigenvalue weighted by atomic mass is 32.2. The maximum Gasteiger partial charge on any atom is 0.235 e. The molecule has 0 aliphatic carbocycles. The lowest BCUT2D eigenvalue weighted by atomic mass is 10.0. The smallest absolute Gasteiger partial charge is 0.235 e. The topological polar surface area (TPSA) is 35.6 Å². The first-order chi connectivity index (χ1) is 24.3. The second-order valence-electron chi connectivity index (χ2n) is 12.6. The van der Waals surface area contributed by atoms with Crippen molar-refractivity contribution in [1.82, 2.24) is 19.1 Å². The van der Waals surface area contributed by atoms with Gasteiger partial charge in [-0.05, 0) is 71.8 Å². The van der Waals surface area contributed by atoms with Crippen LogP contribution in [-0.2, 0) is 0 Å². The molecule has 11 rings (SSSR count). The van der Waals surface area contributed by atoms with Gasteiger partial charge in [-0.2, -0.15) is 0 Å². The van der Waals surface area contributed by atoms with E-state index >= 15 is 0 Å². The number of hydrogen-bond acceptors (Lipinski definition) is 3. The van der Waals surface area contributed by atoms with E-state index in [0.717, 1.165) is 38.9 Å². The van der Waals surface area contributed by atoms with Crippen molar-refractivity contribution >= 4 is 66.3 Å². The Labute approximate surface area is 285 Å². The predicted molar refractivity (Wildman–Crippen MR) is 203 cm³/mol. The van der Waals surface area contributed by atoms with Gasteiger partial charge in [0.15, 0.2) is 0 Å². The highest BCUT2D eigenvalue weighted by molar-refractivity contribution is 7.99. The molecule has 0 bridgehead atoms. The molecule has 5 heteroatoms. The number of para-hydroxylation sites is 3. The van der Waals surface area contributed by atoms with Gasteiger partial charge in [0.2, 0.25) is 5.95 Å². The minimum atomic E-state index is 0.689. The summed E-state index contributed by atoms with van der Waals surface area (Å²) in [7, 11) is 0. The first-order valence-electron chi connectivity index (χ1n) is 16.5. The normalized spacial score (nSPS) is 12.4. The zero-order chi connectivity index (χ0) is 32.1. The largest absolute Gasteiger partial charge is 0.309 e. The SMILES string of the molecule is c1ccc(-n2c3ccccc3c3ccc(-c4ccc5c(c4)c4ccccc4n5-c4nc5c6c(cccc6n4)Sc4ccccc4-5)cc32)cc1. The lowest BCUT2D eigenvalue weighted by Gasteiger charge is -2.20. The third kappa shape index (κ3) is 3.88. The van der Waals surface area contributed by atoms with Crippen LogP contribution in [0.25, 0.3) is 88.5 Å². The van der Waals surface area contributed by atoms with Crippen LogP contribution >= 0.6 is 11.8 Å². The maximum atomic E-state index is 5.33. The molecule has 4 nitrogen and oxygen atoms in total. The molecule has 0 amide bonds. The summed E-state index contributed by atoms with van der Waals surface area (Å²) in [6, 6.07) is 56.6. The molecule has 0 saturated heterocycles. The van der Waals surface area contributed by atoms with Crippen LogP contribution < -0.4 is 0 Å². The third-order valence-corrected chi connectivity index (χ3v) is 11.1. The van der Waals surface area contributed by atoms with Gasteiger partial charge in [-0.1, -0.05) is 109 Å². The molecule has 0 fully saturated rings. The van der Waals surface area contributed by atoms with Crippen LogP contribution in [0, 0.1) is 0 Å². The van der Waals surface area contributed by atoms with Crippen molar-refractivity contribution in [3.63, 3.8) is 0 Å². The summed E-state index contributed by atoms with van der Waals surface area (Å²) in [4.78, 5) is 13.0. The summed E-state index contributed by atoms with van der Waals surface area (Å²) in [5, 5.41) is 6.00. The van der Waals surface area contributed by atoms with Gasteiger partial charge >= 0.3 is 0 Å². The van der Waals surface area contributed by atoms with Crippen LogP contribution in [0.1, 0.15) is 0 Å². The standard InChI is InChI=1S/C44H26N4S/c1-2-11-29(12-3-1)47-36-17-7-4-13-30(36)32-23-21-28(26-39(32)47)27-22-24-38-34(25-27)31-14-5-8-18-37(31)48(38)44-45-35-16-10-20-41-42(35)43(46-44)33-15-6-9-19-40(33)49-41/h1-26H. The zero-order valence-electron chi connectivity index (χ0n) is 26.2. The minimum Gasteiger partial charge on any atom is -0.309 e. The Balaban J connectivity index is 1.14. The fourth-order valence-corrected chi connectivity index (χ4v) is 8.87. The summed E-state index contributed by atoms with van der Waals surface area (Å²) in [6.45, 7) is 0. The van der Waals surface area contributed by atoms with E-state index in [1.807, 2.05) is 0 Å². The summed E-state index contributed by atoms with van der Waals surface area (Å²) in [6.07, 6.45) is 0. The van der Waals surface area contributed by atoms with Gasteiger partial charge < -0.3 is 4.57 Å². The van der Waals surface area contributed by atoms with Gasteiger partial charge in [-0.3, -0.25) is 4.57 Å². The Hall–Kier alpha value is -6.17. The van der Waals surface area contributed by atoms with E-state index in [1.165, 1.54) is 53.5 Å². The van der Waals surface area contributed by atoms with Crippen LogP contribution in [0.3, 0.4) is 0 Å². The molecule has 1 aliphatic rings. The average Bonchev–Trinajstić information content (AvgIpc) is 3.67. The highest BCUT2D eigenvalue weighted by Gasteiger charge is 2.24.